The largest absolute Gasteiger partial charge is 0.426 e. The van der Waals surface area contributed by atoms with Gasteiger partial charge >= 0.3 is 5.97 Å². The average molecular weight is 341 g/mol. The molecule has 2 aromatic rings. The molecule has 0 radical (unpaired) electrons. The minimum atomic E-state index is -0.278. The second kappa shape index (κ2) is 7.40. The average Bonchev–Trinajstić information content (AvgIpc) is 2.94. The van der Waals surface area contributed by atoms with Crippen LogP contribution in [0.4, 0.5) is 0 Å². The van der Waals surface area contributed by atoms with Gasteiger partial charge in [0.05, 0.1) is 5.69 Å². The van der Waals surface area contributed by atoms with Crippen molar-refractivity contribution in [2.45, 2.75) is 59.5 Å². The standard InChI is InChI=1S/C20H27N3O2/c1-13-9-16(10-14(2)20(13)25-15(3)24)11-23(4)12-19-17-7-5-6-8-18(17)21-22-19/h9-10H,5-8,11-12H2,1-4H3,(H,21,22). The van der Waals surface area contributed by atoms with E-state index in [1.54, 1.807) is 0 Å². The molecular weight excluding hydrogens is 314 g/mol. The molecule has 0 bridgehead atoms. The Morgan fingerprint density at radius 3 is 2.56 bits per heavy atom. The Labute approximate surface area is 149 Å². The Hall–Kier alpha value is -2.14. The van der Waals surface area contributed by atoms with Crippen molar-refractivity contribution in [1.29, 1.82) is 0 Å². The second-order valence-corrected chi connectivity index (χ2v) is 7.16. The van der Waals surface area contributed by atoms with E-state index in [-0.39, 0.29) is 5.97 Å². The smallest absolute Gasteiger partial charge is 0.308 e. The number of hydrogen-bond donors (Lipinski definition) is 1. The van der Waals surface area contributed by atoms with Gasteiger partial charge in [-0.25, -0.2) is 0 Å². The lowest BCUT2D eigenvalue weighted by molar-refractivity contribution is -0.131. The fourth-order valence-corrected chi connectivity index (χ4v) is 3.74. The molecule has 5 nitrogen and oxygen atoms in total. The van der Waals surface area contributed by atoms with Gasteiger partial charge < -0.3 is 4.74 Å². The van der Waals surface area contributed by atoms with Gasteiger partial charge in [0.1, 0.15) is 5.75 Å². The first kappa shape index (κ1) is 17.7. The van der Waals surface area contributed by atoms with Gasteiger partial charge in [-0.2, -0.15) is 5.10 Å². The zero-order valence-corrected chi connectivity index (χ0v) is 15.6. The fraction of sp³-hybridized carbons (Fsp3) is 0.500. The van der Waals surface area contributed by atoms with Crippen LogP contribution in [0, 0.1) is 13.8 Å². The van der Waals surface area contributed by atoms with Crippen molar-refractivity contribution < 1.29 is 9.53 Å². The first-order valence-electron chi connectivity index (χ1n) is 8.96. The van der Waals surface area contributed by atoms with Crippen molar-refractivity contribution in [1.82, 2.24) is 15.1 Å². The molecule has 25 heavy (non-hydrogen) atoms. The number of nitrogens with zero attached hydrogens (tertiary/aromatic N) is 2. The first-order chi connectivity index (χ1) is 11.9. The quantitative estimate of drug-likeness (QED) is 0.668. The molecule has 1 N–H and O–H groups in total. The van der Waals surface area contributed by atoms with Crippen molar-refractivity contribution in [2.75, 3.05) is 7.05 Å². The summed E-state index contributed by atoms with van der Waals surface area (Å²) >= 11 is 0. The molecule has 0 spiro atoms. The van der Waals surface area contributed by atoms with Crippen molar-refractivity contribution in [2.24, 2.45) is 0 Å². The first-order valence-corrected chi connectivity index (χ1v) is 8.96. The van der Waals surface area contributed by atoms with E-state index in [0.29, 0.717) is 5.75 Å². The molecule has 134 valence electrons. The monoisotopic (exact) mass is 341 g/mol. The maximum atomic E-state index is 11.2. The van der Waals surface area contributed by atoms with Crippen LogP contribution in [0.15, 0.2) is 12.1 Å². The van der Waals surface area contributed by atoms with Gasteiger partial charge in [-0.05, 0) is 68.8 Å². The van der Waals surface area contributed by atoms with Crippen LogP contribution >= 0.6 is 0 Å². The molecule has 1 aliphatic rings. The lowest BCUT2D eigenvalue weighted by Gasteiger charge is -2.19. The normalized spacial score (nSPS) is 13.8. The third kappa shape index (κ3) is 4.10. The van der Waals surface area contributed by atoms with Gasteiger partial charge in [-0.3, -0.25) is 14.8 Å². The Bertz CT molecular complexity index is 756. The number of H-pyrrole nitrogens is 1. The number of aromatic nitrogens is 2. The summed E-state index contributed by atoms with van der Waals surface area (Å²) in [5.74, 6) is 0.402. The number of fused-ring (bicyclic) bond motifs is 1. The van der Waals surface area contributed by atoms with Crippen LogP contribution in [0.1, 0.15) is 53.4 Å². The van der Waals surface area contributed by atoms with Crippen molar-refractivity contribution >= 4 is 5.97 Å². The summed E-state index contributed by atoms with van der Waals surface area (Å²) in [6.45, 7) is 7.09. The minimum Gasteiger partial charge on any atom is -0.426 e. The zero-order chi connectivity index (χ0) is 18.0. The lowest BCUT2D eigenvalue weighted by atomic mass is 9.96. The molecule has 0 saturated carbocycles. The third-order valence-electron chi connectivity index (χ3n) is 4.78. The summed E-state index contributed by atoms with van der Waals surface area (Å²) in [5, 5.41) is 7.75. The summed E-state index contributed by atoms with van der Waals surface area (Å²) in [4.78, 5) is 13.5. The van der Waals surface area contributed by atoms with E-state index in [2.05, 4.69) is 34.3 Å². The molecule has 1 aromatic heterocycles. The molecule has 5 heteroatoms. The Balaban J connectivity index is 1.70. The van der Waals surface area contributed by atoms with Crippen molar-refractivity contribution in [3.05, 3.63) is 45.8 Å². The number of carbonyl (C=O) groups is 1. The van der Waals surface area contributed by atoms with Gasteiger partial charge in [0, 0.05) is 25.7 Å². The maximum Gasteiger partial charge on any atom is 0.308 e. The van der Waals surface area contributed by atoms with Gasteiger partial charge in [0.2, 0.25) is 0 Å². The SMILES string of the molecule is CC(=O)Oc1c(C)cc(CN(C)Cc2n[nH]c3c2CCCC3)cc1C. The Kier molecular flexibility index (Phi) is 5.23. The molecule has 0 fully saturated rings. The number of rotatable bonds is 5. The molecule has 0 amide bonds. The molecule has 0 saturated heterocycles. The van der Waals surface area contributed by atoms with Gasteiger partial charge in [0.15, 0.2) is 0 Å². The number of ether oxygens (including phenoxy) is 1. The van der Waals surface area contributed by atoms with Crippen molar-refractivity contribution in [3.8, 4) is 5.75 Å². The molecule has 0 aliphatic heterocycles. The molecule has 3 rings (SSSR count). The highest BCUT2D eigenvalue weighted by Crippen LogP contribution is 2.26. The molecule has 1 aliphatic carbocycles. The topological polar surface area (TPSA) is 58.2 Å². The third-order valence-corrected chi connectivity index (χ3v) is 4.78. The number of carbonyl (C=O) groups excluding carboxylic acids is 1. The molecule has 0 unspecified atom stereocenters. The number of esters is 1. The molecule has 1 heterocycles. The van der Waals surface area contributed by atoms with E-state index in [1.807, 2.05) is 13.8 Å². The Morgan fingerprint density at radius 1 is 1.20 bits per heavy atom. The van der Waals surface area contributed by atoms with Gasteiger partial charge in [0.25, 0.3) is 0 Å². The number of hydrogen-bond acceptors (Lipinski definition) is 4. The van der Waals surface area contributed by atoms with Gasteiger partial charge in [-0.1, -0.05) is 12.1 Å². The summed E-state index contributed by atoms with van der Waals surface area (Å²) in [6.07, 6.45) is 4.79. The number of nitrogens with one attached hydrogen (secondary N) is 1. The van der Waals surface area contributed by atoms with E-state index >= 15 is 0 Å². The summed E-state index contributed by atoms with van der Waals surface area (Å²) < 4.78 is 5.32. The fourth-order valence-electron chi connectivity index (χ4n) is 3.74. The predicted molar refractivity (Wildman–Crippen MR) is 97.6 cm³/mol. The number of aromatic amines is 1. The number of aryl methyl sites for hydroxylation is 3. The van der Waals surface area contributed by atoms with Crippen LogP contribution in [0.2, 0.25) is 0 Å². The highest BCUT2D eigenvalue weighted by atomic mass is 16.5. The summed E-state index contributed by atoms with van der Waals surface area (Å²) in [6, 6.07) is 4.20. The molecule has 1 aromatic carbocycles. The van der Waals surface area contributed by atoms with Crippen LogP contribution in [-0.4, -0.2) is 28.1 Å². The van der Waals surface area contributed by atoms with Crippen molar-refractivity contribution in [3.63, 3.8) is 0 Å². The second-order valence-electron chi connectivity index (χ2n) is 7.16. The Morgan fingerprint density at radius 2 is 1.88 bits per heavy atom. The highest BCUT2D eigenvalue weighted by Gasteiger charge is 2.18. The van der Waals surface area contributed by atoms with E-state index in [4.69, 9.17) is 4.74 Å². The molecular formula is C20H27N3O2. The zero-order valence-electron chi connectivity index (χ0n) is 15.6. The van der Waals surface area contributed by atoms with Crippen LogP contribution in [0.25, 0.3) is 0 Å². The highest BCUT2D eigenvalue weighted by molar-refractivity contribution is 5.70. The van der Waals surface area contributed by atoms with Crippen LogP contribution in [0.5, 0.6) is 5.75 Å². The number of benzene rings is 1. The van der Waals surface area contributed by atoms with E-state index in [9.17, 15) is 4.79 Å². The van der Waals surface area contributed by atoms with Crippen LogP contribution in [-0.2, 0) is 30.7 Å². The minimum absolute atomic E-state index is 0.278. The van der Waals surface area contributed by atoms with E-state index < -0.39 is 0 Å². The molecule has 0 atom stereocenters. The maximum absolute atomic E-state index is 11.2. The summed E-state index contributed by atoms with van der Waals surface area (Å²) in [7, 11) is 2.12. The van der Waals surface area contributed by atoms with E-state index in [0.717, 1.165) is 37.1 Å². The summed E-state index contributed by atoms with van der Waals surface area (Å²) in [5.41, 5.74) is 7.15. The van der Waals surface area contributed by atoms with Crippen LogP contribution in [0.3, 0.4) is 0 Å². The lowest BCUT2D eigenvalue weighted by Crippen LogP contribution is -2.19. The van der Waals surface area contributed by atoms with E-state index in [1.165, 1.54) is 42.3 Å². The van der Waals surface area contributed by atoms with Gasteiger partial charge in [-0.15, -0.1) is 0 Å². The predicted octanol–water partition coefficient (Wildman–Crippen LogP) is 3.46. The van der Waals surface area contributed by atoms with Crippen LogP contribution < -0.4 is 4.74 Å².